The molecule has 1 aliphatic rings. The van der Waals surface area contributed by atoms with Crippen LogP contribution in [0.25, 0.3) is 5.69 Å². The van der Waals surface area contributed by atoms with Crippen molar-refractivity contribution >= 4 is 11.7 Å². The lowest BCUT2D eigenvalue weighted by molar-refractivity contribution is -0.159. The second kappa shape index (κ2) is 5.94. The molecule has 7 heteroatoms. The maximum Gasteiger partial charge on any atom is 0.219 e. The van der Waals surface area contributed by atoms with Gasteiger partial charge in [-0.2, -0.15) is 5.06 Å². The van der Waals surface area contributed by atoms with Crippen LogP contribution in [0.2, 0.25) is 0 Å². The van der Waals surface area contributed by atoms with Crippen molar-refractivity contribution in [3.05, 3.63) is 54.1 Å². The molecular weight excluding hydrogens is 301 g/mol. The number of nitrogens with zero attached hydrogens (tertiary/aromatic N) is 2. The monoisotopic (exact) mass is 317 g/mol. The van der Waals surface area contributed by atoms with Crippen LogP contribution in [0.5, 0.6) is 0 Å². The molecule has 1 aliphatic heterocycles. The molecule has 120 valence electrons. The van der Waals surface area contributed by atoms with Gasteiger partial charge in [0.25, 0.3) is 0 Å². The van der Waals surface area contributed by atoms with Gasteiger partial charge in [0.2, 0.25) is 17.9 Å². The van der Waals surface area contributed by atoms with Gasteiger partial charge in [-0.1, -0.05) is 6.07 Å². The lowest BCUT2D eigenvalue weighted by Crippen LogP contribution is -2.38. The van der Waals surface area contributed by atoms with Crippen molar-refractivity contribution in [2.75, 3.05) is 7.05 Å². The Morgan fingerprint density at radius 2 is 2.00 bits per heavy atom. The lowest BCUT2D eigenvalue weighted by atomic mass is 10.0. The largest absolute Gasteiger partial charge is 0.323 e. The van der Waals surface area contributed by atoms with E-state index in [0.29, 0.717) is 11.3 Å². The van der Waals surface area contributed by atoms with Crippen LogP contribution in [0.15, 0.2) is 42.7 Å². The van der Waals surface area contributed by atoms with Gasteiger partial charge in [-0.15, -0.1) is 0 Å². The van der Waals surface area contributed by atoms with E-state index in [-0.39, 0.29) is 11.7 Å². The van der Waals surface area contributed by atoms with Crippen LogP contribution in [-0.2, 0) is 14.4 Å². The highest BCUT2D eigenvalue weighted by atomic mass is 19.1. The second-order valence-electron chi connectivity index (χ2n) is 5.34. The standard InChI is InChI=1S/C16H16FN3O3/c1-10(21)18-16-15(22)14(19(2)23-16)11-5-6-13(12(17)9-11)20-7-3-4-8-20/h3-9,14,16H,1-2H3,(H,18,21). The van der Waals surface area contributed by atoms with Gasteiger partial charge in [0, 0.05) is 26.4 Å². The van der Waals surface area contributed by atoms with Crippen molar-refractivity contribution < 1.29 is 18.8 Å². The quantitative estimate of drug-likeness (QED) is 0.933. The maximum absolute atomic E-state index is 14.4. The summed E-state index contributed by atoms with van der Waals surface area (Å²) in [4.78, 5) is 28.8. The minimum atomic E-state index is -1.05. The predicted octanol–water partition coefficient (Wildman–Crippen LogP) is 1.57. The van der Waals surface area contributed by atoms with Crippen molar-refractivity contribution in [1.29, 1.82) is 0 Å². The van der Waals surface area contributed by atoms with E-state index in [9.17, 15) is 14.0 Å². The highest BCUT2D eigenvalue weighted by molar-refractivity contribution is 5.93. The third-order valence-electron chi connectivity index (χ3n) is 3.67. The number of Topliss-reactive ketones (excluding diaryl/α,β-unsaturated/α-hetero) is 1. The summed E-state index contributed by atoms with van der Waals surface area (Å²) in [5, 5.41) is 3.75. The van der Waals surface area contributed by atoms with Crippen molar-refractivity contribution in [1.82, 2.24) is 14.9 Å². The van der Waals surface area contributed by atoms with Crippen molar-refractivity contribution in [3.8, 4) is 5.69 Å². The van der Waals surface area contributed by atoms with Gasteiger partial charge in [0.15, 0.2) is 0 Å². The number of benzene rings is 1. The van der Waals surface area contributed by atoms with Crippen LogP contribution >= 0.6 is 0 Å². The van der Waals surface area contributed by atoms with Crippen LogP contribution in [0.3, 0.4) is 0 Å². The number of halogens is 1. The van der Waals surface area contributed by atoms with Crippen LogP contribution in [0, 0.1) is 5.82 Å². The summed E-state index contributed by atoms with van der Waals surface area (Å²) in [6.07, 6.45) is 2.43. The number of hydrogen-bond donors (Lipinski definition) is 1. The van der Waals surface area contributed by atoms with Gasteiger partial charge in [-0.25, -0.2) is 4.39 Å². The minimum absolute atomic E-state index is 0.337. The Bertz CT molecular complexity index is 745. The summed E-state index contributed by atoms with van der Waals surface area (Å²) in [6, 6.07) is 7.43. The SMILES string of the molecule is CC(=O)NC1ON(C)C(c2ccc(-n3cccc3)c(F)c2)C1=O. The van der Waals surface area contributed by atoms with E-state index in [1.807, 2.05) is 0 Å². The molecule has 1 fully saturated rings. The van der Waals surface area contributed by atoms with E-state index in [4.69, 9.17) is 4.84 Å². The first-order chi connectivity index (χ1) is 11.0. The Hall–Kier alpha value is -2.51. The van der Waals surface area contributed by atoms with Crippen LogP contribution < -0.4 is 5.32 Å². The van der Waals surface area contributed by atoms with E-state index in [0.717, 1.165) is 0 Å². The van der Waals surface area contributed by atoms with Crippen molar-refractivity contribution in [3.63, 3.8) is 0 Å². The zero-order valence-corrected chi connectivity index (χ0v) is 12.7. The summed E-state index contributed by atoms with van der Waals surface area (Å²) >= 11 is 0. The second-order valence-corrected chi connectivity index (χ2v) is 5.34. The number of rotatable bonds is 3. The van der Waals surface area contributed by atoms with Gasteiger partial charge in [0.1, 0.15) is 11.9 Å². The van der Waals surface area contributed by atoms with Gasteiger partial charge in [-0.3, -0.25) is 14.4 Å². The van der Waals surface area contributed by atoms with E-state index in [2.05, 4.69) is 5.32 Å². The summed E-state index contributed by atoms with van der Waals surface area (Å²) in [5.41, 5.74) is 0.866. The topological polar surface area (TPSA) is 63.6 Å². The number of aromatic nitrogens is 1. The zero-order valence-electron chi connectivity index (χ0n) is 12.7. The van der Waals surface area contributed by atoms with E-state index in [1.54, 1.807) is 48.3 Å². The van der Waals surface area contributed by atoms with Crippen LogP contribution in [0.1, 0.15) is 18.5 Å². The molecule has 0 radical (unpaired) electrons. The fourth-order valence-corrected chi connectivity index (χ4v) is 2.66. The van der Waals surface area contributed by atoms with Gasteiger partial charge >= 0.3 is 0 Å². The molecule has 0 saturated carbocycles. The molecule has 1 amide bonds. The summed E-state index contributed by atoms with van der Waals surface area (Å²) in [7, 11) is 1.57. The van der Waals surface area contributed by atoms with E-state index < -0.39 is 18.1 Å². The highest BCUT2D eigenvalue weighted by Gasteiger charge is 2.41. The number of carbonyl (C=O) groups is 2. The number of ketones is 1. The Balaban J connectivity index is 1.88. The molecule has 2 atom stereocenters. The zero-order chi connectivity index (χ0) is 16.6. The first-order valence-corrected chi connectivity index (χ1v) is 7.10. The van der Waals surface area contributed by atoms with Gasteiger partial charge in [0.05, 0.1) is 5.69 Å². The van der Waals surface area contributed by atoms with Gasteiger partial charge < -0.3 is 9.88 Å². The Kier molecular flexibility index (Phi) is 3.97. The number of hydroxylamine groups is 2. The molecule has 1 N–H and O–H groups in total. The fourth-order valence-electron chi connectivity index (χ4n) is 2.66. The molecule has 0 bridgehead atoms. The van der Waals surface area contributed by atoms with Crippen molar-refractivity contribution in [2.24, 2.45) is 0 Å². The molecule has 2 aromatic rings. The molecule has 1 aromatic heterocycles. The summed E-state index contributed by atoms with van der Waals surface area (Å²) in [6.45, 7) is 1.30. The molecule has 0 spiro atoms. The van der Waals surface area contributed by atoms with E-state index in [1.165, 1.54) is 18.1 Å². The maximum atomic E-state index is 14.4. The molecule has 0 aliphatic carbocycles. The Labute approximate surface area is 132 Å². The van der Waals surface area contributed by atoms with Crippen molar-refractivity contribution in [2.45, 2.75) is 19.2 Å². The number of likely N-dealkylation sites (N-methyl/N-ethyl adjacent to an activating group) is 1. The normalized spacial score (nSPS) is 21.6. The predicted molar refractivity (Wildman–Crippen MR) is 79.9 cm³/mol. The molecule has 1 aromatic carbocycles. The molecular formula is C16H16FN3O3. The molecule has 2 unspecified atom stereocenters. The summed E-state index contributed by atoms with van der Waals surface area (Å²) in [5.74, 6) is -1.15. The molecule has 23 heavy (non-hydrogen) atoms. The van der Waals surface area contributed by atoms with Crippen LogP contribution in [-0.4, -0.2) is 34.6 Å². The Morgan fingerprint density at radius 3 is 2.61 bits per heavy atom. The minimum Gasteiger partial charge on any atom is -0.323 e. The molecule has 6 nitrogen and oxygen atoms in total. The fraction of sp³-hybridized carbons (Fsp3) is 0.250. The average molecular weight is 317 g/mol. The number of carbonyl (C=O) groups excluding carboxylic acids is 2. The number of hydrogen-bond acceptors (Lipinski definition) is 4. The number of nitrogens with one attached hydrogen (secondary N) is 1. The molecule has 3 rings (SSSR count). The smallest absolute Gasteiger partial charge is 0.219 e. The molecule has 1 saturated heterocycles. The summed E-state index contributed by atoms with van der Waals surface area (Å²) < 4.78 is 16.0. The first-order valence-electron chi connectivity index (χ1n) is 7.10. The van der Waals surface area contributed by atoms with Crippen LogP contribution in [0.4, 0.5) is 4.39 Å². The average Bonchev–Trinajstić information content (AvgIpc) is 3.08. The third kappa shape index (κ3) is 2.88. The first kappa shape index (κ1) is 15.4. The third-order valence-corrected chi connectivity index (χ3v) is 3.67. The molecule has 2 heterocycles. The number of amides is 1. The lowest BCUT2D eigenvalue weighted by Gasteiger charge is -2.16. The highest BCUT2D eigenvalue weighted by Crippen LogP contribution is 2.30. The van der Waals surface area contributed by atoms with E-state index >= 15 is 0 Å². The van der Waals surface area contributed by atoms with Gasteiger partial charge in [-0.05, 0) is 29.8 Å². The Morgan fingerprint density at radius 1 is 1.30 bits per heavy atom.